The summed E-state index contributed by atoms with van der Waals surface area (Å²) in [7, 11) is 0. The molecule has 2 rings (SSSR count). The number of pyridine rings is 1. The van der Waals surface area contributed by atoms with Crippen molar-refractivity contribution in [2.24, 2.45) is 5.92 Å². The quantitative estimate of drug-likeness (QED) is 0.821. The first-order valence-electron chi connectivity index (χ1n) is 6.86. The summed E-state index contributed by atoms with van der Waals surface area (Å²) in [6.07, 6.45) is 7.48. The molecule has 1 atom stereocenters. The second kappa shape index (κ2) is 6.41. The third-order valence-electron chi connectivity index (χ3n) is 3.07. The van der Waals surface area contributed by atoms with Gasteiger partial charge in [-0.3, -0.25) is 4.98 Å². The summed E-state index contributed by atoms with van der Waals surface area (Å²) in [6, 6.07) is 6.16. The Morgan fingerprint density at radius 1 is 0.947 bits per heavy atom. The molecular formula is C16H21N3. The minimum absolute atomic E-state index is 0.294. The molecule has 0 aliphatic rings. The topological polar surface area (TPSA) is 38.7 Å². The fourth-order valence-electron chi connectivity index (χ4n) is 2.21. The Kier molecular flexibility index (Phi) is 4.61. The lowest BCUT2D eigenvalue weighted by Gasteiger charge is -2.11. The molecule has 3 heteroatoms. The van der Waals surface area contributed by atoms with Crippen molar-refractivity contribution in [1.82, 2.24) is 15.0 Å². The van der Waals surface area contributed by atoms with E-state index in [9.17, 15) is 0 Å². The van der Waals surface area contributed by atoms with Crippen molar-refractivity contribution in [2.75, 3.05) is 0 Å². The summed E-state index contributed by atoms with van der Waals surface area (Å²) in [6.45, 7) is 6.62. The molecule has 0 saturated carbocycles. The van der Waals surface area contributed by atoms with E-state index in [0.717, 1.165) is 24.4 Å². The van der Waals surface area contributed by atoms with Crippen molar-refractivity contribution in [1.29, 1.82) is 0 Å². The van der Waals surface area contributed by atoms with Gasteiger partial charge in [-0.25, -0.2) is 9.97 Å². The van der Waals surface area contributed by atoms with Gasteiger partial charge in [0, 0.05) is 30.2 Å². The van der Waals surface area contributed by atoms with Crippen LogP contribution in [0.4, 0.5) is 0 Å². The highest BCUT2D eigenvalue weighted by molar-refractivity contribution is 5.18. The number of hydrogen-bond donors (Lipinski definition) is 0. The van der Waals surface area contributed by atoms with Crippen LogP contribution in [-0.4, -0.2) is 15.0 Å². The molecular weight excluding hydrogens is 234 g/mol. The predicted molar refractivity (Wildman–Crippen MR) is 76.9 cm³/mol. The van der Waals surface area contributed by atoms with E-state index in [1.165, 1.54) is 5.56 Å². The van der Waals surface area contributed by atoms with Gasteiger partial charge in [-0.15, -0.1) is 0 Å². The van der Waals surface area contributed by atoms with Crippen LogP contribution in [0.2, 0.25) is 0 Å². The Hall–Kier alpha value is -1.77. The van der Waals surface area contributed by atoms with Gasteiger partial charge in [0.1, 0.15) is 5.82 Å². The molecule has 0 spiro atoms. The highest BCUT2D eigenvalue weighted by Crippen LogP contribution is 2.17. The predicted octanol–water partition coefficient (Wildman–Crippen LogP) is 3.42. The van der Waals surface area contributed by atoms with E-state index in [0.29, 0.717) is 11.8 Å². The fraction of sp³-hybridized carbons (Fsp3) is 0.438. The van der Waals surface area contributed by atoms with Crippen LogP contribution in [0.1, 0.15) is 43.8 Å². The molecule has 2 aromatic rings. The Morgan fingerprint density at radius 3 is 2.37 bits per heavy atom. The standard InChI is InChI=1S/C16H21N3/c1-12(2)9-14-5-8-17-15(11-14)10-13(3)16-18-6-4-7-19-16/h4-8,11-13H,9-10H2,1-3H3. The SMILES string of the molecule is CC(C)Cc1ccnc(CC(C)c2ncccn2)c1. The average Bonchev–Trinajstić information content (AvgIpc) is 2.39. The largest absolute Gasteiger partial charge is 0.261 e. The van der Waals surface area contributed by atoms with Gasteiger partial charge in [0.2, 0.25) is 0 Å². The van der Waals surface area contributed by atoms with E-state index < -0.39 is 0 Å². The van der Waals surface area contributed by atoms with Gasteiger partial charge >= 0.3 is 0 Å². The van der Waals surface area contributed by atoms with Gasteiger partial charge in [0.25, 0.3) is 0 Å². The molecule has 0 aliphatic carbocycles. The average molecular weight is 255 g/mol. The van der Waals surface area contributed by atoms with Gasteiger partial charge in [0.15, 0.2) is 0 Å². The van der Waals surface area contributed by atoms with Crippen LogP contribution in [0, 0.1) is 5.92 Å². The summed E-state index contributed by atoms with van der Waals surface area (Å²) in [5.74, 6) is 1.85. The van der Waals surface area contributed by atoms with E-state index in [1.54, 1.807) is 12.4 Å². The number of rotatable bonds is 5. The van der Waals surface area contributed by atoms with Crippen molar-refractivity contribution >= 4 is 0 Å². The number of nitrogens with zero attached hydrogens (tertiary/aromatic N) is 3. The van der Waals surface area contributed by atoms with Gasteiger partial charge in [-0.05, 0) is 42.5 Å². The van der Waals surface area contributed by atoms with Crippen LogP contribution in [0.15, 0.2) is 36.8 Å². The summed E-state index contributed by atoms with van der Waals surface area (Å²) in [5.41, 5.74) is 2.49. The van der Waals surface area contributed by atoms with Crippen molar-refractivity contribution in [3.8, 4) is 0 Å². The monoisotopic (exact) mass is 255 g/mol. The summed E-state index contributed by atoms with van der Waals surface area (Å²) < 4.78 is 0. The zero-order valence-corrected chi connectivity index (χ0v) is 11.9. The lowest BCUT2D eigenvalue weighted by atomic mass is 10.00. The van der Waals surface area contributed by atoms with Gasteiger partial charge in [-0.1, -0.05) is 20.8 Å². The molecule has 0 bridgehead atoms. The summed E-state index contributed by atoms with van der Waals surface area (Å²) >= 11 is 0. The molecule has 19 heavy (non-hydrogen) atoms. The van der Waals surface area contributed by atoms with E-state index in [4.69, 9.17) is 0 Å². The van der Waals surface area contributed by atoms with Crippen LogP contribution in [0.5, 0.6) is 0 Å². The molecule has 0 amide bonds. The van der Waals surface area contributed by atoms with Crippen LogP contribution in [0.3, 0.4) is 0 Å². The maximum atomic E-state index is 4.46. The molecule has 0 saturated heterocycles. The van der Waals surface area contributed by atoms with E-state index in [1.807, 2.05) is 12.3 Å². The molecule has 0 N–H and O–H groups in total. The maximum Gasteiger partial charge on any atom is 0.131 e. The molecule has 0 aromatic carbocycles. The zero-order chi connectivity index (χ0) is 13.7. The van der Waals surface area contributed by atoms with Crippen molar-refractivity contribution in [2.45, 2.75) is 39.5 Å². The second-order valence-electron chi connectivity index (χ2n) is 5.47. The molecule has 100 valence electrons. The Labute approximate surface area is 115 Å². The molecule has 1 unspecified atom stereocenters. The first-order valence-corrected chi connectivity index (χ1v) is 6.86. The van der Waals surface area contributed by atoms with Crippen LogP contribution in [-0.2, 0) is 12.8 Å². The maximum absolute atomic E-state index is 4.46. The Balaban J connectivity index is 2.06. The van der Waals surface area contributed by atoms with Crippen LogP contribution >= 0.6 is 0 Å². The molecule has 3 nitrogen and oxygen atoms in total. The first-order chi connectivity index (χ1) is 9.15. The lowest BCUT2D eigenvalue weighted by molar-refractivity contribution is 0.642. The highest BCUT2D eigenvalue weighted by atomic mass is 14.9. The first kappa shape index (κ1) is 13.7. The molecule has 0 radical (unpaired) electrons. The van der Waals surface area contributed by atoms with Crippen LogP contribution in [0.25, 0.3) is 0 Å². The normalized spacial score (nSPS) is 12.6. The number of hydrogen-bond acceptors (Lipinski definition) is 3. The van der Waals surface area contributed by atoms with Crippen molar-refractivity contribution < 1.29 is 0 Å². The van der Waals surface area contributed by atoms with E-state index in [-0.39, 0.29) is 0 Å². The van der Waals surface area contributed by atoms with Gasteiger partial charge in [0.05, 0.1) is 0 Å². The smallest absolute Gasteiger partial charge is 0.131 e. The third kappa shape index (κ3) is 4.12. The Bertz CT molecular complexity index is 508. The fourth-order valence-corrected chi connectivity index (χ4v) is 2.21. The van der Waals surface area contributed by atoms with Gasteiger partial charge in [-0.2, -0.15) is 0 Å². The number of aromatic nitrogens is 3. The minimum atomic E-state index is 0.294. The zero-order valence-electron chi connectivity index (χ0n) is 11.9. The molecule has 0 aliphatic heterocycles. The second-order valence-corrected chi connectivity index (χ2v) is 5.47. The van der Waals surface area contributed by atoms with Crippen LogP contribution < -0.4 is 0 Å². The summed E-state index contributed by atoms with van der Waals surface area (Å²) in [5, 5.41) is 0. The lowest BCUT2D eigenvalue weighted by Crippen LogP contribution is -2.05. The molecule has 0 fully saturated rings. The minimum Gasteiger partial charge on any atom is -0.261 e. The van der Waals surface area contributed by atoms with Crippen molar-refractivity contribution in [3.05, 3.63) is 53.9 Å². The molecule has 2 aromatic heterocycles. The van der Waals surface area contributed by atoms with E-state index in [2.05, 4.69) is 47.9 Å². The Morgan fingerprint density at radius 2 is 1.68 bits per heavy atom. The highest BCUT2D eigenvalue weighted by Gasteiger charge is 2.10. The summed E-state index contributed by atoms with van der Waals surface area (Å²) in [4.78, 5) is 13.1. The van der Waals surface area contributed by atoms with Crippen molar-refractivity contribution in [3.63, 3.8) is 0 Å². The third-order valence-corrected chi connectivity index (χ3v) is 3.07. The van der Waals surface area contributed by atoms with E-state index >= 15 is 0 Å². The molecule has 2 heterocycles. The van der Waals surface area contributed by atoms with Gasteiger partial charge < -0.3 is 0 Å².